The van der Waals surface area contributed by atoms with E-state index in [4.69, 9.17) is 5.73 Å². The molecule has 1 unspecified atom stereocenters. The van der Waals surface area contributed by atoms with Gasteiger partial charge < -0.3 is 11.1 Å². The van der Waals surface area contributed by atoms with Crippen LogP contribution in [0.4, 0.5) is 5.69 Å². The quantitative estimate of drug-likeness (QED) is 0.676. The first-order chi connectivity index (χ1) is 13.0. The van der Waals surface area contributed by atoms with Crippen molar-refractivity contribution >= 4 is 29.3 Å². The van der Waals surface area contributed by atoms with Crippen molar-refractivity contribution in [2.24, 2.45) is 5.73 Å². The molecule has 4 amide bonds. The zero-order valence-electron chi connectivity index (χ0n) is 14.9. The lowest BCUT2D eigenvalue weighted by Gasteiger charge is -2.29. The number of nitrogens with one attached hydrogen (secondary N) is 2. The molecule has 8 heteroatoms. The summed E-state index contributed by atoms with van der Waals surface area (Å²) in [6.45, 7) is 0. The standard InChI is InChI=1S/C19H22N4O4/c20-10-4-6-11(7-5-10)21-13-3-1-2-12-16(13)19(27)23(18(12)26)14-8-9-15(24)22-17(14)25/h1-3,10-11,14,21H,4-9,20H2,(H,22,24,25). The lowest BCUT2D eigenvalue weighted by Crippen LogP contribution is -2.54. The molecule has 0 aromatic heterocycles. The van der Waals surface area contributed by atoms with Crippen LogP contribution in [0.2, 0.25) is 0 Å². The largest absolute Gasteiger partial charge is 0.382 e. The van der Waals surface area contributed by atoms with Crippen LogP contribution in [-0.4, -0.2) is 46.7 Å². The molecular formula is C19H22N4O4. The molecule has 1 aliphatic carbocycles. The van der Waals surface area contributed by atoms with Crippen molar-refractivity contribution in [2.75, 3.05) is 5.32 Å². The minimum absolute atomic E-state index is 0.108. The smallest absolute Gasteiger partial charge is 0.264 e. The molecule has 2 aliphatic heterocycles. The SMILES string of the molecule is NC1CCC(Nc2cccc3c2C(=O)N(C2CCC(=O)NC2=O)C3=O)CC1. The Morgan fingerprint density at radius 2 is 1.74 bits per heavy atom. The van der Waals surface area contributed by atoms with Gasteiger partial charge in [0, 0.05) is 24.2 Å². The van der Waals surface area contributed by atoms with Gasteiger partial charge in [-0.25, -0.2) is 0 Å². The van der Waals surface area contributed by atoms with Crippen LogP contribution >= 0.6 is 0 Å². The summed E-state index contributed by atoms with van der Waals surface area (Å²) in [6, 6.07) is 4.58. The second kappa shape index (κ2) is 6.77. The van der Waals surface area contributed by atoms with Gasteiger partial charge in [-0.3, -0.25) is 29.4 Å². The van der Waals surface area contributed by atoms with E-state index < -0.39 is 23.8 Å². The van der Waals surface area contributed by atoms with Gasteiger partial charge in [0.05, 0.1) is 11.1 Å². The van der Waals surface area contributed by atoms with Crippen molar-refractivity contribution in [1.82, 2.24) is 10.2 Å². The number of hydrogen-bond acceptors (Lipinski definition) is 6. The number of fused-ring (bicyclic) bond motifs is 1. The lowest BCUT2D eigenvalue weighted by molar-refractivity contribution is -0.136. The van der Waals surface area contributed by atoms with Gasteiger partial charge in [0.15, 0.2) is 0 Å². The zero-order valence-corrected chi connectivity index (χ0v) is 14.9. The molecule has 1 aromatic carbocycles. The van der Waals surface area contributed by atoms with E-state index in [1.807, 2.05) is 0 Å². The highest BCUT2D eigenvalue weighted by Gasteiger charge is 2.45. The summed E-state index contributed by atoms with van der Waals surface area (Å²) >= 11 is 0. The third-order valence-corrected chi connectivity index (χ3v) is 5.60. The van der Waals surface area contributed by atoms with E-state index in [0.29, 0.717) is 16.8 Å². The summed E-state index contributed by atoms with van der Waals surface area (Å²) in [5, 5.41) is 5.59. The van der Waals surface area contributed by atoms with Gasteiger partial charge in [0.1, 0.15) is 6.04 Å². The topological polar surface area (TPSA) is 122 Å². The molecule has 0 spiro atoms. The van der Waals surface area contributed by atoms with Gasteiger partial charge in [0.25, 0.3) is 11.8 Å². The molecule has 142 valence electrons. The molecule has 2 heterocycles. The Kier molecular flexibility index (Phi) is 4.43. The van der Waals surface area contributed by atoms with Crippen LogP contribution in [0.1, 0.15) is 59.2 Å². The Morgan fingerprint density at radius 1 is 1.00 bits per heavy atom. The summed E-state index contributed by atoms with van der Waals surface area (Å²) < 4.78 is 0. The third-order valence-electron chi connectivity index (χ3n) is 5.60. The number of carbonyl (C=O) groups excluding carboxylic acids is 4. The molecule has 0 radical (unpaired) electrons. The number of piperidine rings is 1. The monoisotopic (exact) mass is 370 g/mol. The molecule has 4 N–H and O–H groups in total. The van der Waals surface area contributed by atoms with E-state index in [1.54, 1.807) is 18.2 Å². The van der Waals surface area contributed by atoms with E-state index in [1.165, 1.54) is 0 Å². The van der Waals surface area contributed by atoms with E-state index in [0.717, 1.165) is 30.6 Å². The maximum absolute atomic E-state index is 13.0. The molecule has 4 rings (SSSR count). The minimum atomic E-state index is -0.948. The minimum Gasteiger partial charge on any atom is -0.382 e. The molecule has 1 saturated carbocycles. The first-order valence-electron chi connectivity index (χ1n) is 9.32. The average molecular weight is 370 g/mol. The van der Waals surface area contributed by atoms with Gasteiger partial charge in [0.2, 0.25) is 11.8 Å². The Morgan fingerprint density at radius 3 is 2.44 bits per heavy atom. The van der Waals surface area contributed by atoms with Crippen LogP contribution in [0.5, 0.6) is 0 Å². The summed E-state index contributed by atoms with van der Waals surface area (Å²) in [6.07, 6.45) is 3.91. The van der Waals surface area contributed by atoms with Crippen molar-refractivity contribution in [3.05, 3.63) is 29.3 Å². The first kappa shape index (κ1) is 17.7. The van der Waals surface area contributed by atoms with Gasteiger partial charge in [-0.15, -0.1) is 0 Å². The van der Waals surface area contributed by atoms with Crippen LogP contribution in [0, 0.1) is 0 Å². The van der Waals surface area contributed by atoms with Crippen molar-refractivity contribution in [3.63, 3.8) is 0 Å². The predicted octanol–water partition coefficient (Wildman–Crippen LogP) is 0.770. The van der Waals surface area contributed by atoms with Crippen molar-refractivity contribution < 1.29 is 19.2 Å². The zero-order chi connectivity index (χ0) is 19.1. The number of hydrogen-bond donors (Lipinski definition) is 3. The molecule has 1 saturated heterocycles. The predicted molar refractivity (Wildman–Crippen MR) is 97.0 cm³/mol. The number of anilines is 1. The maximum atomic E-state index is 13.0. The van der Waals surface area contributed by atoms with E-state index in [2.05, 4.69) is 10.6 Å². The third kappa shape index (κ3) is 3.10. The second-order valence-corrected chi connectivity index (χ2v) is 7.43. The summed E-state index contributed by atoms with van der Waals surface area (Å²) in [4.78, 5) is 50.4. The molecule has 8 nitrogen and oxygen atoms in total. The normalized spacial score (nSPS) is 28.2. The van der Waals surface area contributed by atoms with Crippen molar-refractivity contribution in [3.8, 4) is 0 Å². The fourth-order valence-electron chi connectivity index (χ4n) is 4.12. The van der Waals surface area contributed by atoms with E-state index >= 15 is 0 Å². The average Bonchev–Trinajstić information content (AvgIpc) is 2.89. The Labute approximate surface area is 156 Å². The van der Waals surface area contributed by atoms with E-state index in [-0.39, 0.29) is 30.8 Å². The van der Waals surface area contributed by atoms with Gasteiger partial charge >= 0.3 is 0 Å². The lowest BCUT2D eigenvalue weighted by atomic mass is 9.91. The summed E-state index contributed by atoms with van der Waals surface area (Å²) in [5.74, 6) is -1.96. The Balaban J connectivity index is 1.60. The second-order valence-electron chi connectivity index (χ2n) is 7.43. The highest BCUT2D eigenvalue weighted by atomic mass is 16.2. The Hall–Kier alpha value is -2.74. The summed E-state index contributed by atoms with van der Waals surface area (Å²) in [5.41, 5.74) is 7.16. The fraction of sp³-hybridized carbons (Fsp3) is 0.474. The molecule has 1 atom stereocenters. The summed E-state index contributed by atoms with van der Waals surface area (Å²) in [7, 11) is 0. The number of rotatable bonds is 3. The van der Waals surface area contributed by atoms with Crippen molar-refractivity contribution in [1.29, 1.82) is 0 Å². The highest BCUT2D eigenvalue weighted by molar-refractivity contribution is 6.25. The number of carbonyl (C=O) groups is 4. The molecule has 27 heavy (non-hydrogen) atoms. The number of nitrogens with two attached hydrogens (primary N) is 1. The van der Waals surface area contributed by atoms with Crippen LogP contribution in [0.3, 0.4) is 0 Å². The molecule has 2 fully saturated rings. The molecule has 3 aliphatic rings. The molecule has 0 bridgehead atoms. The van der Waals surface area contributed by atoms with E-state index in [9.17, 15) is 19.2 Å². The molecule has 1 aromatic rings. The number of amides is 4. The van der Waals surface area contributed by atoms with Gasteiger partial charge in [-0.1, -0.05) is 6.07 Å². The molecular weight excluding hydrogens is 348 g/mol. The fourth-order valence-corrected chi connectivity index (χ4v) is 4.12. The van der Waals surface area contributed by atoms with Crippen LogP contribution in [-0.2, 0) is 9.59 Å². The van der Waals surface area contributed by atoms with Gasteiger partial charge in [-0.2, -0.15) is 0 Å². The number of nitrogens with zero attached hydrogens (tertiary/aromatic N) is 1. The number of imide groups is 2. The van der Waals surface area contributed by atoms with Crippen LogP contribution < -0.4 is 16.4 Å². The first-order valence-corrected chi connectivity index (χ1v) is 9.32. The van der Waals surface area contributed by atoms with Crippen molar-refractivity contribution in [2.45, 2.75) is 56.7 Å². The maximum Gasteiger partial charge on any atom is 0.264 e. The highest BCUT2D eigenvalue weighted by Crippen LogP contribution is 2.33. The number of benzene rings is 1. The Bertz CT molecular complexity index is 829. The van der Waals surface area contributed by atoms with Crippen LogP contribution in [0.25, 0.3) is 0 Å². The van der Waals surface area contributed by atoms with Gasteiger partial charge in [-0.05, 0) is 44.2 Å². The van der Waals surface area contributed by atoms with Crippen LogP contribution in [0.15, 0.2) is 18.2 Å².